The molecule has 1 aliphatic heterocycles. The van der Waals surface area contributed by atoms with Gasteiger partial charge >= 0.3 is 6.03 Å². The van der Waals surface area contributed by atoms with E-state index in [4.69, 9.17) is 0 Å². The van der Waals surface area contributed by atoms with Crippen molar-refractivity contribution in [3.05, 3.63) is 0 Å². The van der Waals surface area contributed by atoms with Gasteiger partial charge in [-0.3, -0.25) is 0 Å². The molecule has 4 nitrogen and oxygen atoms in total. The molecule has 0 aromatic carbocycles. The summed E-state index contributed by atoms with van der Waals surface area (Å²) in [7, 11) is 0. The topological polar surface area (TPSA) is 56.1 Å². The largest absolute Gasteiger partial charge is 0.335 e. The first-order valence-electron chi connectivity index (χ1n) is 6.71. The second-order valence-corrected chi connectivity index (χ2v) is 6.42. The summed E-state index contributed by atoms with van der Waals surface area (Å²) in [5, 5.41) is 12.3. The number of carbonyl (C=O) groups is 1. The number of nitriles is 1. The van der Waals surface area contributed by atoms with Crippen LogP contribution in [0, 0.1) is 11.3 Å². The Morgan fingerprint density at radius 2 is 2.00 bits per heavy atom. The lowest BCUT2D eigenvalue weighted by atomic mass is 9.97. The van der Waals surface area contributed by atoms with E-state index in [9.17, 15) is 10.1 Å². The van der Waals surface area contributed by atoms with Gasteiger partial charge in [0.2, 0.25) is 0 Å². The molecule has 5 heteroatoms. The van der Waals surface area contributed by atoms with E-state index in [-0.39, 0.29) is 10.8 Å². The van der Waals surface area contributed by atoms with E-state index in [0.717, 1.165) is 25.7 Å². The molecule has 0 bridgehead atoms. The van der Waals surface area contributed by atoms with Crippen LogP contribution in [-0.4, -0.2) is 41.1 Å². The number of hydrogen-bond acceptors (Lipinski definition) is 3. The molecular weight excluding hydrogens is 246 g/mol. The Morgan fingerprint density at radius 3 is 2.50 bits per heavy atom. The smallest absolute Gasteiger partial charge is 0.317 e. The Kier molecular flexibility index (Phi) is 4.39. The third kappa shape index (κ3) is 2.92. The lowest BCUT2D eigenvalue weighted by Crippen LogP contribution is -2.50. The van der Waals surface area contributed by atoms with Crippen LogP contribution in [0.3, 0.4) is 0 Å². The maximum absolute atomic E-state index is 12.1. The van der Waals surface area contributed by atoms with E-state index in [1.807, 2.05) is 11.2 Å². The molecule has 1 aliphatic carbocycles. The van der Waals surface area contributed by atoms with Gasteiger partial charge in [0.25, 0.3) is 0 Å². The Hall–Kier alpha value is -0.890. The highest BCUT2D eigenvalue weighted by Crippen LogP contribution is 2.33. The molecule has 1 saturated carbocycles. The van der Waals surface area contributed by atoms with E-state index >= 15 is 0 Å². The number of rotatable bonds is 2. The molecule has 0 aromatic rings. The number of piperidine rings is 1. The standard InChI is InChI=1S/C13H21N3OS/c1-18-13(10-14)6-8-16(9-7-13)12(17)15-11-4-2-3-5-11/h11H,2-9H2,1H3,(H,15,17). The molecule has 0 atom stereocenters. The average molecular weight is 267 g/mol. The Bertz CT molecular complexity index is 339. The van der Waals surface area contributed by atoms with Crippen LogP contribution in [0.25, 0.3) is 0 Å². The fraction of sp³-hybridized carbons (Fsp3) is 0.846. The second-order valence-electron chi connectivity index (χ2n) is 5.23. The number of urea groups is 1. The summed E-state index contributed by atoms with van der Waals surface area (Å²) in [5.74, 6) is 0. The fourth-order valence-corrected chi connectivity index (χ4v) is 3.45. The second kappa shape index (κ2) is 5.83. The predicted molar refractivity (Wildman–Crippen MR) is 73.5 cm³/mol. The zero-order chi connectivity index (χ0) is 13.0. The van der Waals surface area contributed by atoms with E-state index in [2.05, 4.69) is 11.4 Å². The maximum atomic E-state index is 12.1. The van der Waals surface area contributed by atoms with Crippen LogP contribution in [0.1, 0.15) is 38.5 Å². The van der Waals surface area contributed by atoms with Gasteiger partial charge in [-0.15, -0.1) is 11.8 Å². The predicted octanol–water partition coefficient (Wildman–Crippen LogP) is 2.36. The molecular formula is C13H21N3OS. The molecule has 0 spiro atoms. The first-order valence-corrected chi connectivity index (χ1v) is 7.93. The van der Waals surface area contributed by atoms with Gasteiger partial charge in [-0.2, -0.15) is 5.26 Å². The number of likely N-dealkylation sites (tertiary alicyclic amines) is 1. The normalized spacial score (nSPS) is 23.7. The van der Waals surface area contributed by atoms with Crippen molar-refractivity contribution in [2.45, 2.75) is 49.3 Å². The summed E-state index contributed by atoms with van der Waals surface area (Å²) in [6.07, 6.45) is 8.24. The maximum Gasteiger partial charge on any atom is 0.317 e. The van der Waals surface area contributed by atoms with E-state index < -0.39 is 0 Å². The van der Waals surface area contributed by atoms with Gasteiger partial charge in [0.1, 0.15) is 4.75 Å². The fourth-order valence-electron chi connectivity index (χ4n) is 2.77. The molecule has 2 aliphatic rings. The number of nitrogens with zero attached hydrogens (tertiary/aromatic N) is 2. The molecule has 1 saturated heterocycles. The molecule has 2 fully saturated rings. The molecule has 1 N–H and O–H groups in total. The first kappa shape index (κ1) is 13.5. The Labute approximate surface area is 113 Å². The van der Waals surface area contributed by atoms with Crippen molar-refractivity contribution in [3.8, 4) is 6.07 Å². The van der Waals surface area contributed by atoms with Crippen molar-refractivity contribution >= 4 is 17.8 Å². The molecule has 100 valence electrons. The van der Waals surface area contributed by atoms with Gasteiger partial charge in [0.15, 0.2) is 0 Å². The van der Waals surface area contributed by atoms with Gasteiger partial charge in [-0.25, -0.2) is 4.79 Å². The Morgan fingerprint density at radius 1 is 1.39 bits per heavy atom. The minimum Gasteiger partial charge on any atom is -0.335 e. The monoisotopic (exact) mass is 267 g/mol. The van der Waals surface area contributed by atoms with Gasteiger partial charge in [-0.1, -0.05) is 12.8 Å². The van der Waals surface area contributed by atoms with Crippen LogP contribution >= 0.6 is 11.8 Å². The van der Waals surface area contributed by atoms with Gasteiger partial charge in [-0.05, 0) is 31.9 Å². The minimum absolute atomic E-state index is 0.0644. The van der Waals surface area contributed by atoms with Crippen molar-refractivity contribution in [1.82, 2.24) is 10.2 Å². The first-order chi connectivity index (χ1) is 8.69. The van der Waals surface area contributed by atoms with E-state index in [1.54, 1.807) is 11.8 Å². The van der Waals surface area contributed by atoms with Crippen molar-refractivity contribution in [2.24, 2.45) is 0 Å². The van der Waals surface area contributed by atoms with Crippen molar-refractivity contribution in [1.29, 1.82) is 5.26 Å². The molecule has 0 unspecified atom stereocenters. The van der Waals surface area contributed by atoms with Crippen LogP contribution in [0.15, 0.2) is 0 Å². The summed E-state index contributed by atoms with van der Waals surface area (Å²) in [4.78, 5) is 13.9. The van der Waals surface area contributed by atoms with Crippen LogP contribution in [0.2, 0.25) is 0 Å². The summed E-state index contributed by atoms with van der Waals surface area (Å²) >= 11 is 1.62. The quantitative estimate of drug-likeness (QED) is 0.835. The molecule has 1 heterocycles. The van der Waals surface area contributed by atoms with E-state index in [1.165, 1.54) is 12.8 Å². The highest BCUT2D eigenvalue weighted by molar-refractivity contribution is 8.00. The number of carbonyl (C=O) groups excluding carboxylic acids is 1. The minimum atomic E-state index is -0.274. The van der Waals surface area contributed by atoms with Crippen LogP contribution in [-0.2, 0) is 0 Å². The van der Waals surface area contributed by atoms with E-state index in [0.29, 0.717) is 19.1 Å². The molecule has 2 rings (SSSR count). The third-order valence-corrected chi connectivity index (χ3v) is 5.42. The average Bonchev–Trinajstić information content (AvgIpc) is 2.91. The van der Waals surface area contributed by atoms with Crippen LogP contribution in [0.5, 0.6) is 0 Å². The lowest BCUT2D eigenvalue weighted by Gasteiger charge is -2.36. The van der Waals surface area contributed by atoms with Gasteiger partial charge in [0.05, 0.1) is 6.07 Å². The zero-order valence-corrected chi connectivity index (χ0v) is 11.8. The summed E-state index contributed by atoms with van der Waals surface area (Å²) < 4.78 is -0.274. The van der Waals surface area contributed by atoms with Gasteiger partial charge < -0.3 is 10.2 Å². The molecule has 0 aromatic heterocycles. The van der Waals surface area contributed by atoms with Gasteiger partial charge in [0, 0.05) is 19.1 Å². The zero-order valence-electron chi connectivity index (χ0n) is 10.9. The number of amides is 2. The van der Waals surface area contributed by atoms with Crippen LogP contribution in [0.4, 0.5) is 4.79 Å². The number of hydrogen-bond donors (Lipinski definition) is 1. The third-order valence-electron chi connectivity index (χ3n) is 4.14. The van der Waals surface area contributed by atoms with Crippen molar-refractivity contribution in [3.63, 3.8) is 0 Å². The summed E-state index contributed by atoms with van der Waals surface area (Å²) in [6, 6.07) is 2.84. The summed E-state index contributed by atoms with van der Waals surface area (Å²) in [6.45, 7) is 1.40. The van der Waals surface area contributed by atoms with Crippen LogP contribution < -0.4 is 5.32 Å². The highest BCUT2D eigenvalue weighted by atomic mass is 32.2. The molecule has 18 heavy (non-hydrogen) atoms. The number of thioether (sulfide) groups is 1. The lowest BCUT2D eigenvalue weighted by molar-refractivity contribution is 0.179. The Balaban J connectivity index is 1.82. The summed E-state index contributed by atoms with van der Waals surface area (Å²) in [5.41, 5.74) is 0. The SMILES string of the molecule is CSC1(C#N)CCN(C(=O)NC2CCCC2)CC1. The molecule has 0 radical (unpaired) electrons. The molecule has 2 amide bonds. The highest BCUT2D eigenvalue weighted by Gasteiger charge is 2.35. The number of nitrogens with one attached hydrogen (secondary N) is 1. The van der Waals surface area contributed by atoms with Crippen molar-refractivity contribution < 1.29 is 4.79 Å². The van der Waals surface area contributed by atoms with Crippen molar-refractivity contribution in [2.75, 3.05) is 19.3 Å².